The summed E-state index contributed by atoms with van der Waals surface area (Å²) in [5.74, 6) is 2.15. The number of rotatable bonds is 6. The van der Waals surface area contributed by atoms with Crippen molar-refractivity contribution < 1.29 is 34.5 Å². The molecule has 5 aromatic heterocycles. The van der Waals surface area contributed by atoms with Crippen LogP contribution in [-0.4, -0.2) is 16.1 Å². The van der Waals surface area contributed by atoms with Gasteiger partial charge in [0, 0.05) is 23.7 Å². The summed E-state index contributed by atoms with van der Waals surface area (Å²) in [6.07, 6.45) is 12.6. The number of furan rings is 2. The molecular formula is C27H22N5NiO2+2. The number of hydrogen-bond acceptors (Lipinski definition) is 4. The fourth-order valence-electron chi connectivity index (χ4n) is 4.28. The maximum absolute atomic E-state index is 5.42. The van der Waals surface area contributed by atoms with E-state index in [-0.39, 0.29) is 16.5 Å². The maximum Gasteiger partial charge on any atom is 3.00 e. The summed E-state index contributed by atoms with van der Waals surface area (Å²) < 4.78 is 17.0. The molecule has 0 N–H and O–H groups in total. The molecule has 0 unspecified atom stereocenters. The summed E-state index contributed by atoms with van der Waals surface area (Å²) in [6, 6.07) is 21.4. The number of benzene rings is 1. The molecule has 0 aliphatic carbocycles. The van der Waals surface area contributed by atoms with E-state index in [2.05, 4.69) is 61.5 Å². The molecule has 0 saturated carbocycles. The third-order valence-corrected chi connectivity index (χ3v) is 5.87. The molecule has 0 fully saturated rings. The molecule has 8 heteroatoms. The van der Waals surface area contributed by atoms with Crippen LogP contribution in [0.1, 0.15) is 5.56 Å². The van der Waals surface area contributed by atoms with E-state index in [1.807, 2.05) is 56.6 Å². The number of fused-ring (bicyclic) bond motifs is 2. The second-order valence-electron chi connectivity index (χ2n) is 8.09. The van der Waals surface area contributed by atoms with Crippen molar-refractivity contribution in [3.8, 4) is 5.82 Å². The van der Waals surface area contributed by atoms with Gasteiger partial charge in [-0.2, -0.15) is 0 Å². The van der Waals surface area contributed by atoms with E-state index < -0.39 is 0 Å². The van der Waals surface area contributed by atoms with Gasteiger partial charge in [-0.15, -0.1) is 23.1 Å². The molecule has 0 bridgehead atoms. The molecule has 35 heavy (non-hydrogen) atoms. The molecule has 6 aromatic rings. The van der Waals surface area contributed by atoms with Gasteiger partial charge in [-0.1, -0.05) is 24.3 Å². The van der Waals surface area contributed by atoms with Gasteiger partial charge in [0.2, 0.25) is 6.33 Å². The first-order valence-corrected chi connectivity index (χ1v) is 10.9. The summed E-state index contributed by atoms with van der Waals surface area (Å²) in [4.78, 5) is 7.15. The first-order chi connectivity index (χ1) is 16.7. The Hall–Kier alpha value is -4.03. The molecule has 0 aliphatic heterocycles. The second kappa shape index (κ2) is 9.31. The quantitative estimate of drug-likeness (QED) is 0.193. The van der Waals surface area contributed by atoms with E-state index in [9.17, 15) is 0 Å². The van der Waals surface area contributed by atoms with Gasteiger partial charge in [-0.25, -0.2) is 26.3 Å². The molecule has 0 aliphatic rings. The van der Waals surface area contributed by atoms with E-state index in [0.29, 0.717) is 12.3 Å². The van der Waals surface area contributed by atoms with Gasteiger partial charge < -0.3 is 13.7 Å². The number of para-hydroxylation sites is 1. The number of hydrogen-bond donors (Lipinski definition) is 0. The number of aromatic nitrogens is 4. The van der Waals surface area contributed by atoms with Crippen LogP contribution in [0.3, 0.4) is 0 Å². The van der Waals surface area contributed by atoms with Crippen LogP contribution in [0.25, 0.3) is 34.2 Å². The molecule has 1 radical (unpaired) electrons. The summed E-state index contributed by atoms with van der Waals surface area (Å²) in [5, 5.41) is 0.811. The van der Waals surface area contributed by atoms with Crippen LogP contribution < -0.4 is 14.0 Å². The van der Waals surface area contributed by atoms with Gasteiger partial charge >= 0.3 is 22.1 Å². The average molecular weight is 507 g/mol. The van der Waals surface area contributed by atoms with Crippen LogP contribution in [0.4, 0.5) is 11.5 Å². The SMILES string of the molecule is C[n+]1c[cH-]c2c1[n+](C)cn2-c1cccc(N(C[C-]=Cc2coc3oc[c-]c23)c2ccccc2)n1.[Ni+3]. The first kappa shape index (κ1) is 22.8. The number of imidazole rings is 1. The van der Waals surface area contributed by atoms with Crippen LogP contribution in [0.5, 0.6) is 0 Å². The Kier molecular flexibility index (Phi) is 6.05. The second-order valence-corrected chi connectivity index (χ2v) is 8.09. The minimum Gasteiger partial charge on any atom is -0.505 e. The minimum atomic E-state index is 0. The largest absolute Gasteiger partial charge is 3.00 e. The standard InChI is InChI=1S/C27H22N5O2.Ni/c1-29-16-13-23-26(29)30(2)19-32(23)25-12-6-11-24(28-25)31(21-9-4-3-5-10-21)15-7-8-20-18-34-27-22(20)14-17-33-27;/h3-6,8-13,16-19H,15H2,1-2H3;/q-1;+3. The average Bonchev–Trinajstić information content (AvgIpc) is 3.63. The Balaban J connectivity index is 0.00000253. The predicted octanol–water partition coefficient (Wildman–Crippen LogP) is 4.18. The summed E-state index contributed by atoms with van der Waals surface area (Å²) in [6.45, 7) is 0.505. The van der Waals surface area contributed by atoms with Crippen molar-refractivity contribution in [1.82, 2.24) is 9.55 Å². The Morgan fingerprint density at radius 2 is 1.97 bits per heavy atom. The third-order valence-electron chi connectivity index (χ3n) is 5.87. The van der Waals surface area contributed by atoms with Crippen molar-refractivity contribution in [3.05, 3.63) is 97.4 Å². The summed E-state index contributed by atoms with van der Waals surface area (Å²) >= 11 is 0. The number of pyridine rings is 1. The molecule has 6 rings (SSSR count). The van der Waals surface area contributed by atoms with Gasteiger partial charge in [0.05, 0.1) is 6.20 Å². The molecule has 5 heterocycles. The first-order valence-electron chi connectivity index (χ1n) is 10.9. The topological polar surface area (TPSA) is 55.1 Å². The molecule has 0 amide bonds. The van der Waals surface area contributed by atoms with Gasteiger partial charge in [-0.05, 0) is 30.8 Å². The van der Waals surface area contributed by atoms with E-state index in [1.165, 1.54) is 6.26 Å². The van der Waals surface area contributed by atoms with Crippen LogP contribution in [-0.2, 0) is 30.6 Å². The van der Waals surface area contributed by atoms with Gasteiger partial charge in [-0.3, -0.25) is 4.57 Å². The maximum atomic E-state index is 5.42. The Labute approximate surface area is 212 Å². The summed E-state index contributed by atoms with van der Waals surface area (Å²) in [5.41, 5.74) is 4.14. The molecule has 1 aromatic carbocycles. The summed E-state index contributed by atoms with van der Waals surface area (Å²) in [7, 11) is 4.09. The van der Waals surface area contributed by atoms with Crippen LogP contribution >= 0.6 is 0 Å². The van der Waals surface area contributed by atoms with E-state index in [4.69, 9.17) is 13.8 Å². The normalized spacial score (nSPS) is 11.5. The fraction of sp³-hybridized carbons (Fsp3) is 0.111. The number of anilines is 2. The van der Waals surface area contributed by atoms with Crippen molar-refractivity contribution in [2.45, 2.75) is 0 Å². The molecule has 0 spiro atoms. The van der Waals surface area contributed by atoms with Crippen molar-refractivity contribution in [1.29, 1.82) is 0 Å². The van der Waals surface area contributed by atoms with Crippen LogP contribution in [0.2, 0.25) is 0 Å². The zero-order valence-corrected chi connectivity index (χ0v) is 20.1. The van der Waals surface area contributed by atoms with Gasteiger partial charge in [0.15, 0.2) is 5.78 Å². The van der Waals surface area contributed by atoms with Gasteiger partial charge in [0.25, 0.3) is 0 Å². The Morgan fingerprint density at radius 1 is 1.11 bits per heavy atom. The number of nitrogens with zero attached hydrogens (tertiary/aromatic N) is 5. The van der Waals surface area contributed by atoms with Crippen molar-refractivity contribution in [3.63, 3.8) is 0 Å². The molecule has 175 valence electrons. The van der Waals surface area contributed by atoms with Gasteiger partial charge in [0.1, 0.15) is 25.7 Å². The molecule has 0 atom stereocenters. The minimum absolute atomic E-state index is 0. The van der Waals surface area contributed by atoms with E-state index >= 15 is 0 Å². The smallest absolute Gasteiger partial charge is 0.505 e. The zero-order valence-electron chi connectivity index (χ0n) is 19.2. The molecule has 0 saturated heterocycles. The van der Waals surface area contributed by atoms with Crippen LogP contribution in [0.15, 0.2) is 88.5 Å². The predicted molar refractivity (Wildman–Crippen MR) is 127 cm³/mol. The van der Waals surface area contributed by atoms with Crippen molar-refractivity contribution >= 4 is 39.9 Å². The zero-order chi connectivity index (χ0) is 23.1. The number of aryl methyl sites for hydroxylation is 2. The third kappa shape index (κ3) is 4.06. The van der Waals surface area contributed by atoms with E-state index in [1.54, 1.807) is 6.26 Å². The van der Waals surface area contributed by atoms with Crippen LogP contribution in [0, 0.1) is 12.1 Å². The van der Waals surface area contributed by atoms with Crippen molar-refractivity contribution in [2.24, 2.45) is 14.1 Å². The Morgan fingerprint density at radius 3 is 2.83 bits per heavy atom. The van der Waals surface area contributed by atoms with Crippen molar-refractivity contribution in [2.75, 3.05) is 11.4 Å². The van der Waals surface area contributed by atoms with E-state index in [0.717, 1.165) is 39.4 Å². The molecular weight excluding hydrogens is 485 g/mol. The molecule has 7 nitrogen and oxygen atoms in total. The monoisotopic (exact) mass is 506 g/mol. The fourth-order valence-corrected chi connectivity index (χ4v) is 4.28. The Bertz CT molecular complexity index is 1620.